The van der Waals surface area contributed by atoms with Gasteiger partial charge in [-0.05, 0) is 56.3 Å². The zero-order valence-electron chi connectivity index (χ0n) is 11.1. The van der Waals surface area contributed by atoms with Crippen LogP contribution in [-0.4, -0.2) is 23.7 Å². The van der Waals surface area contributed by atoms with Crippen LogP contribution in [0.3, 0.4) is 0 Å². The van der Waals surface area contributed by atoms with Crippen LogP contribution in [0.5, 0.6) is 0 Å². The number of nitrogens with two attached hydrogens (primary N) is 1. The first-order valence-corrected chi connectivity index (χ1v) is 6.96. The SMILES string of the molecule is Nc1ccc(CCNC2CCC(C(=O)O)CC2)cc1. The maximum atomic E-state index is 10.9. The molecule has 4 nitrogen and oxygen atoms in total. The van der Waals surface area contributed by atoms with Crippen molar-refractivity contribution in [1.82, 2.24) is 5.32 Å². The largest absolute Gasteiger partial charge is 0.481 e. The number of benzene rings is 1. The molecular formula is C15H22N2O2. The van der Waals surface area contributed by atoms with Gasteiger partial charge in [-0.2, -0.15) is 0 Å². The Morgan fingerprint density at radius 3 is 2.42 bits per heavy atom. The van der Waals surface area contributed by atoms with E-state index in [-0.39, 0.29) is 5.92 Å². The second kappa shape index (κ2) is 6.57. The van der Waals surface area contributed by atoms with Gasteiger partial charge in [0.05, 0.1) is 5.92 Å². The fourth-order valence-electron chi connectivity index (χ4n) is 2.65. The Labute approximate surface area is 114 Å². The monoisotopic (exact) mass is 262 g/mol. The van der Waals surface area contributed by atoms with Crippen molar-refractivity contribution in [3.63, 3.8) is 0 Å². The van der Waals surface area contributed by atoms with Gasteiger partial charge < -0.3 is 16.2 Å². The topological polar surface area (TPSA) is 75.3 Å². The maximum Gasteiger partial charge on any atom is 0.306 e. The fourth-order valence-corrected chi connectivity index (χ4v) is 2.65. The highest BCUT2D eigenvalue weighted by Crippen LogP contribution is 2.24. The number of carbonyl (C=O) groups is 1. The lowest BCUT2D eigenvalue weighted by Crippen LogP contribution is -2.36. The molecule has 1 aliphatic carbocycles. The van der Waals surface area contributed by atoms with Crippen LogP contribution in [0, 0.1) is 5.92 Å². The number of nitrogen functional groups attached to an aromatic ring is 1. The third-order valence-corrected chi connectivity index (χ3v) is 3.90. The van der Waals surface area contributed by atoms with E-state index in [1.165, 1.54) is 5.56 Å². The minimum atomic E-state index is -0.639. The van der Waals surface area contributed by atoms with E-state index in [1.807, 2.05) is 12.1 Å². The average molecular weight is 262 g/mol. The van der Waals surface area contributed by atoms with E-state index in [9.17, 15) is 4.79 Å². The zero-order chi connectivity index (χ0) is 13.7. The molecule has 1 aromatic carbocycles. The summed E-state index contributed by atoms with van der Waals surface area (Å²) >= 11 is 0. The summed E-state index contributed by atoms with van der Waals surface area (Å²) in [6, 6.07) is 8.43. The van der Waals surface area contributed by atoms with E-state index >= 15 is 0 Å². The van der Waals surface area contributed by atoms with Gasteiger partial charge in [-0.25, -0.2) is 0 Å². The number of hydrogen-bond acceptors (Lipinski definition) is 3. The van der Waals surface area contributed by atoms with Crippen molar-refractivity contribution >= 4 is 11.7 Å². The van der Waals surface area contributed by atoms with E-state index < -0.39 is 5.97 Å². The molecule has 0 aliphatic heterocycles. The minimum Gasteiger partial charge on any atom is -0.481 e. The number of aliphatic carboxylic acids is 1. The Bertz CT molecular complexity index is 409. The van der Waals surface area contributed by atoms with Crippen LogP contribution >= 0.6 is 0 Å². The molecule has 0 heterocycles. The van der Waals surface area contributed by atoms with Crippen molar-refractivity contribution in [2.45, 2.75) is 38.1 Å². The number of anilines is 1. The van der Waals surface area contributed by atoms with E-state index in [1.54, 1.807) is 0 Å². The Morgan fingerprint density at radius 2 is 1.84 bits per heavy atom. The number of carboxylic acids is 1. The van der Waals surface area contributed by atoms with Gasteiger partial charge in [-0.1, -0.05) is 12.1 Å². The van der Waals surface area contributed by atoms with Crippen LogP contribution in [0.15, 0.2) is 24.3 Å². The summed E-state index contributed by atoms with van der Waals surface area (Å²) in [4.78, 5) is 10.9. The van der Waals surface area contributed by atoms with Crippen molar-refractivity contribution in [1.29, 1.82) is 0 Å². The van der Waals surface area contributed by atoms with Crippen LogP contribution in [0.1, 0.15) is 31.2 Å². The molecule has 1 aliphatic rings. The molecule has 0 amide bonds. The Balaban J connectivity index is 1.67. The third kappa shape index (κ3) is 4.24. The van der Waals surface area contributed by atoms with Gasteiger partial charge in [0.2, 0.25) is 0 Å². The number of carboxylic acid groups (broad SMARTS) is 1. The van der Waals surface area contributed by atoms with E-state index in [4.69, 9.17) is 10.8 Å². The normalized spacial score (nSPS) is 23.2. The van der Waals surface area contributed by atoms with Crippen LogP contribution in [0.2, 0.25) is 0 Å². The van der Waals surface area contributed by atoms with Crippen molar-refractivity contribution in [3.05, 3.63) is 29.8 Å². The Kier molecular flexibility index (Phi) is 4.80. The van der Waals surface area contributed by atoms with Crippen molar-refractivity contribution in [2.75, 3.05) is 12.3 Å². The molecule has 4 N–H and O–H groups in total. The molecule has 4 heteroatoms. The quantitative estimate of drug-likeness (QED) is 0.710. The summed E-state index contributed by atoms with van der Waals surface area (Å²) in [6.07, 6.45) is 4.53. The molecule has 1 aromatic rings. The van der Waals surface area contributed by atoms with Gasteiger partial charge in [0.25, 0.3) is 0 Å². The first-order valence-electron chi connectivity index (χ1n) is 6.96. The number of rotatable bonds is 5. The lowest BCUT2D eigenvalue weighted by atomic mass is 9.86. The molecule has 0 radical (unpaired) electrons. The highest BCUT2D eigenvalue weighted by Gasteiger charge is 2.25. The standard InChI is InChI=1S/C15H22N2O2/c16-13-5-1-11(2-6-13)9-10-17-14-7-3-12(4-8-14)15(18)19/h1-2,5-6,12,14,17H,3-4,7-10,16H2,(H,18,19). The average Bonchev–Trinajstić information content (AvgIpc) is 2.41. The summed E-state index contributed by atoms with van der Waals surface area (Å²) in [6.45, 7) is 0.937. The van der Waals surface area contributed by atoms with Crippen molar-refractivity contribution in [3.8, 4) is 0 Å². The molecule has 1 fully saturated rings. The highest BCUT2D eigenvalue weighted by atomic mass is 16.4. The lowest BCUT2D eigenvalue weighted by molar-refractivity contribution is -0.142. The summed E-state index contributed by atoms with van der Waals surface area (Å²) in [5, 5.41) is 12.5. The summed E-state index contributed by atoms with van der Waals surface area (Å²) in [5.74, 6) is -0.768. The van der Waals surface area contributed by atoms with Gasteiger partial charge >= 0.3 is 5.97 Å². The molecule has 19 heavy (non-hydrogen) atoms. The molecule has 0 saturated heterocycles. The van der Waals surface area contributed by atoms with Crippen molar-refractivity contribution in [2.24, 2.45) is 5.92 Å². The molecule has 0 aromatic heterocycles. The minimum absolute atomic E-state index is 0.129. The van der Waals surface area contributed by atoms with Gasteiger partial charge in [-0.15, -0.1) is 0 Å². The third-order valence-electron chi connectivity index (χ3n) is 3.90. The van der Waals surface area contributed by atoms with Crippen LogP contribution in [0.4, 0.5) is 5.69 Å². The summed E-state index contributed by atoms with van der Waals surface area (Å²) in [7, 11) is 0. The highest BCUT2D eigenvalue weighted by molar-refractivity contribution is 5.70. The molecule has 0 atom stereocenters. The fraction of sp³-hybridized carbons (Fsp3) is 0.533. The van der Waals surface area contributed by atoms with Gasteiger partial charge in [0, 0.05) is 11.7 Å². The van der Waals surface area contributed by atoms with Crippen LogP contribution in [0.25, 0.3) is 0 Å². The first kappa shape index (κ1) is 13.9. The lowest BCUT2D eigenvalue weighted by Gasteiger charge is -2.26. The maximum absolute atomic E-state index is 10.9. The molecular weight excluding hydrogens is 240 g/mol. The van der Waals surface area contributed by atoms with E-state index in [0.717, 1.165) is 44.3 Å². The molecule has 1 saturated carbocycles. The Morgan fingerprint density at radius 1 is 1.21 bits per heavy atom. The van der Waals surface area contributed by atoms with E-state index in [2.05, 4.69) is 17.4 Å². The molecule has 0 spiro atoms. The van der Waals surface area contributed by atoms with Crippen LogP contribution < -0.4 is 11.1 Å². The summed E-state index contributed by atoms with van der Waals surface area (Å²) < 4.78 is 0. The second-order valence-corrected chi connectivity index (χ2v) is 5.33. The van der Waals surface area contributed by atoms with Crippen LogP contribution in [-0.2, 0) is 11.2 Å². The number of nitrogens with one attached hydrogen (secondary N) is 1. The van der Waals surface area contributed by atoms with Gasteiger partial charge in [0.1, 0.15) is 0 Å². The smallest absolute Gasteiger partial charge is 0.306 e. The van der Waals surface area contributed by atoms with E-state index in [0.29, 0.717) is 6.04 Å². The predicted octanol–water partition coefficient (Wildman–Crippen LogP) is 2.04. The molecule has 104 valence electrons. The van der Waals surface area contributed by atoms with Gasteiger partial charge in [0.15, 0.2) is 0 Å². The molecule has 0 unspecified atom stereocenters. The molecule has 2 rings (SSSR count). The second-order valence-electron chi connectivity index (χ2n) is 5.33. The predicted molar refractivity (Wildman–Crippen MR) is 75.9 cm³/mol. The zero-order valence-corrected chi connectivity index (χ0v) is 11.1. The summed E-state index contributed by atoms with van der Waals surface area (Å²) in [5.41, 5.74) is 7.72. The van der Waals surface area contributed by atoms with Gasteiger partial charge in [-0.3, -0.25) is 4.79 Å². The Hall–Kier alpha value is -1.55. The number of hydrogen-bond donors (Lipinski definition) is 3. The first-order chi connectivity index (χ1) is 9.15. The van der Waals surface area contributed by atoms with Crippen molar-refractivity contribution < 1.29 is 9.90 Å². The molecule has 0 bridgehead atoms.